The minimum atomic E-state index is -0.249. The van der Waals surface area contributed by atoms with Crippen LogP contribution in [0, 0.1) is 0 Å². The van der Waals surface area contributed by atoms with Crippen molar-refractivity contribution >= 4 is 67.9 Å². The third-order valence-corrected chi connectivity index (χ3v) is 9.77. The van der Waals surface area contributed by atoms with Gasteiger partial charge in [0.25, 0.3) is 0 Å². The zero-order valence-corrected chi connectivity index (χ0v) is 27.5. The van der Waals surface area contributed by atoms with Gasteiger partial charge in [0, 0.05) is 51.2 Å². The first kappa shape index (κ1) is 32.7. The lowest BCUT2D eigenvalue weighted by Crippen LogP contribution is -2.23. The van der Waals surface area contributed by atoms with E-state index in [1.807, 2.05) is 0 Å². The number of aromatic nitrogens is 6. The van der Waals surface area contributed by atoms with Crippen LogP contribution in [0.1, 0.15) is 72.8 Å². The first-order valence-corrected chi connectivity index (χ1v) is 16.3. The highest BCUT2D eigenvalue weighted by Crippen LogP contribution is 2.43. The Bertz CT molecular complexity index is 1580. The molecule has 0 spiro atoms. The second-order valence-electron chi connectivity index (χ2n) is 11.1. The average Bonchev–Trinajstić information content (AvgIpc) is 3.71. The highest BCUT2D eigenvalue weighted by atomic mass is 32.1. The Morgan fingerprint density at radius 3 is 1.52 bits per heavy atom. The van der Waals surface area contributed by atoms with Crippen molar-refractivity contribution in [2.24, 2.45) is 0 Å². The van der Waals surface area contributed by atoms with Crippen molar-refractivity contribution in [1.29, 1.82) is 0 Å². The SMILES string of the molecule is CC(=O)N(C)c1ccc(CC(=O)Nc2nnc(C3CCCC(c4nnc(NC(=O)Cc5ccc(N(C)C(C)=O)cn5)s4)C3)s2)nc1. The summed E-state index contributed by atoms with van der Waals surface area (Å²) in [6, 6.07) is 6.95. The van der Waals surface area contributed by atoms with Crippen LogP contribution in [0.25, 0.3) is 0 Å². The van der Waals surface area contributed by atoms with Crippen LogP contribution in [-0.4, -0.2) is 68.1 Å². The van der Waals surface area contributed by atoms with Gasteiger partial charge >= 0.3 is 0 Å². The Kier molecular flexibility index (Phi) is 10.4. The summed E-state index contributed by atoms with van der Waals surface area (Å²) in [5.74, 6) is -0.355. The van der Waals surface area contributed by atoms with E-state index in [9.17, 15) is 19.2 Å². The molecule has 4 aromatic rings. The second-order valence-corrected chi connectivity index (χ2v) is 13.1. The van der Waals surface area contributed by atoms with Gasteiger partial charge in [-0.25, -0.2) is 0 Å². The molecule has 5 rings (SSSR count). The second kappa shape index (κ2) is 14.6. The maximum atomic E-state index is 12.6. The number of amides is 4. The maximum Gasteiger partial charge on any atom is 0.232 e. The number of pyridine rings is 2. The number of hydrogen-bond acceptors (Lipinski definition) is 12. The van der Waals surface area contributed by atoms with Gasteiger partial charge < -0.3 is 20.4 Å². The molecule has 46 heavy (non-hydrogen) atoms. The Hall–Kier alpha value is -4.70. The first-order chi connectivity index (χ1) is 22.0. The quantitative estimate of drug-likeness (QED) is 0.253. The Morgan fingerprint density at radius 2 is 1.15 bits per heavy atom. The van der Waals surface area contributed by atoms with Crippen LogP contribution in [0.2, 0.25) is 0 Å². The number of nitrogens with one attached hydrogen (secondary N) is 2. The van der Waals surface area contributed by atoms with Gasteiger partial charge in [-0.3, -0.25) is 29.1 Å². The van der Waals surface area contributed by atoms with Gasteiger partial charge in [0.1, 0.15) is 10.0 Å². The van der Waals surface area contributed by atoms with E-state index in [2.05, 4.69) is 41.0 Å². The van der Waals surface area contributed by atoms with Crippen LogP contribution >= 0.6 is 22.7 Å². The van der Waals surface area contributed by atoms with Gasteiger partial charge in [0.2, 0.25) is 33.9 Å². The number of anilines is 4. The van der Waals surface area contributed by atoms with E-state index >= 15 is 0 Å². The number of carbonyl (C=O) groups is 4. The summed E-state index contributed by atoms with van der Waals surface area (Å²) in [7, 11) is 3.33. The first-order valence-electron chi connectivity index (χ1n) is 14.7. The third kappa shape index (κ3) is 8.31. The molecular formula is C30H34N10O4S2. The molecular weight excluding hydrogens is 629 g/mol. The van der Waals surface area contributed by atoms with E-state index in [4.69, 9.17) is 0 Å². The average molecular weight is 663 g/mol. The molecule has 4 amide bonds. The van der Waals surface area contributed by atoms with Gasteiger partial charge in [-0.1, -0.05) is 29.1 Å². The lowest BCUT2D eigenvalue weighted by molar-refractivity contribution is -0.117. The van der Waals surface area contributed by atoms with Crippen molar-refractivity contribution in [3.05, 3.63) is 58.1 Å². The standard InChI is InChI=1S/C30H34N10O4S2/c1-17(41)39(3)23-10-8-21(31-15-23)13-25(43)33-29-37-35-27(45-29)19-6-5-7-20(12-19)28-36-38-30(46-28)34-26(44)14-22-9-11-24(16-32-22)40(4)18(2)42/h8-11,15-16,19-20H,5-7,12-14H2,1-4H3,(H,33,37,43)(H,34,38,44). The summed E-state index contributed by atoms with van der Waals surface area (Å²) >= 11 is 2.74. The number of rotatable bonds is 10. The molecule has 1 aliphatic carbocycles. The molecule has 1 fully saturated rings. The summed E-state index contributed by atoms with van der Waals surface area (Å²) in [5.41, 5.74) is 2.47. The van der Waals surface area contributed by atoms with E-state index in [0.717, 1.165) is 35.7 Å². The molecule has 0 aromatic carbocycles. The molecule has 1 saturated carbocycles. The van der Waals surface area contributed by atoms with Gasteiger partial charge in [-0.2, -0.15) is 0 Å². The van der Waals surface area contributed by atoms with Crippen LogP contribution in [0.4, 0.5) is 21.6 Å². The molecule has 16 heteroatoms. The van der Waals surface area contributed by atoms with Gasteiger partial charge in [-0.15, -0.1) is 20.4 Å². The zero-order chi connectivity index (χ0) is 32.8. The number of hydrogen-bond donors (Lipinski definition) is 2. The zero-order valence-electron chi connectivity index (χ0n) is 25.9. The van der Waals surface area contributed by atoms with Crippen molar-refractivity contribution in [1.82, 2.24) is 30.4 Å². The largest absolute Gasteiger partial charge is 0.314 e. The molecule has 4 heterocycles. The van der Waals surface area contributed by atoms with Crippen molar-refractivity contribution in [2.75, 3.05) is 34.5 Å². The van der Waals surface area contributed by atoms with Crippen molar-refractivity contribution in [2.45, 2.75) is 64.2 Å². The minimum Gasteiger partial charge on any atom is -0.314 e. The lowest BCUT2D eigenvalue weighted by Gasteiger charge is -2.25. The van der Waals surface area contributed by atoms with Crippen LogP contribution in [0.5, 0.6) is 0 Å². The summed E-state index contributed by atoms with van der Waals surface area (Å²) in [6.07, 6.45) is 7.00. The molecule has 4 aromatic heterocycles. The van der Waals surface area contributed by atoms with Gasteiger partial charge in [0.05, 0.1) is 36.6 Å². The molecule has 2 unspecified atom stereocenters. The Balaban J connectivity index is 1.11. The van der Waals surface area contributed by atoms with Crippen LogP contribution in [-0.2, 0) is 32.0 Å². The predicted molar refractivity (Wildman–Crippen MR) is 175 cm³/mol. The topological polar surface area (TPSA) is 176 Å². The van der Waals surface area contributed by atoms with Crippen molar-refractivity contribution in [3.63, 3.8) is 0 Å². The lowest BCUT2D eigenvalue weighted by atomic mass is 9.82. The van der Waals surface area contributed by atoms with Gasteiger partial charge in [-0.05, 0) is 43.5 Å². The predicted octanol–water partition coefficient (Wildman–Crippen LogP) is 3.95. The molecule has 0 saturated heterocycles. The molecule has 0 aliphatic heterocycles. The van der Waals surface area contributed by atoms with E-state index in [1.165, 1.54) is 46.3 Å². The van der Waals surface area contributed by atoms with E-state index in [1.54, 1.807) is 50.8 Å². The minimum absolute atomic E-state index is 0.0713. The summed E-state index contributed by atoms with van der Waals surface area (Å²) in [4.78, 5) is 59.9. The molecule has 0 radical (unpaired) electrons. The smallest absolute Gasteiger partial charge is 0.232 e. The van der Waals surface area contributed by atoms with E-state index in [0.29, 0.717) is 33.0 Å². The summed E-state index contributed by atoms with van der Waals surface area (Å²) in [5, 5.41) is 25.4. The van der Waals surface area contributed by atoms with Gasteiger partial charge in [0.15, 0.2) is 0 Å². The summed E-state index contributed by atoms with van der Waals surface area (Å²) in [6.45, 7) is 2.95. The molecule has 14 nitrogen and oxygen atoms in total. The molecule has 240 valence electrons. The number of nitrogens with zero attached hydrogens (tertiary/aromatic N) is 8. The molecule has 1 aliphatic rings. The van der Waals surface area contributed by atoms with Crippen LogP contribution in [0.15, 0.2) is 36.7 Å². The molecule has 0 bridgehead atoms. The fourth-order valence-electron chi connectivity index (χ4n) is 5.00. The van der Waals surface area contributed by atoms with E-state index < -0.39 is 0 Å². The van der Waals surface area contributed by atoms with Crippen molar-refractivity contribution < 1.29 is 19.2 Å². The van der Waals surface area contributed by atoms with Crippen molar-refractivity contribution in [3.8, 4) is 0 Å². The Labute approximate surface area is 273 Å². The monoisotopic (exact) mass is 662 g/mol. The number of carbonyl (C=O) groups excluding carboxylic acids is 4. The van der Waals surface area contributed by atoms with Crippen LogP contribution < -0.4 is 20.4 Å². The maximum absolute atomic E-state index is 12.6. The molecule has 2 atom stereocenters. The highest BCUT2D eigenvalue weighted by molar-refractivity contribution is 7.15. The van der Waals surface area contributed by atoms with E-state index in [-0.39, 0.29) is 48.3 Å². The molecule has 2 N–H and O–H groups in total. The Morgan fingerprint density at radius 1 is 0.717 bits per heavy atom. The fraction of sp³-hybridized carbons (Fsp3) is 0.400. The van der Waals surface area contributed by atoms with Crippen LogP contribution in [0.3, 0.4) is 0 Å². The highest BCUT2D eigenvalue weighted by Gasteiger charge is 2.29. The third-order valence-electron chi connectivity index (χ3n) is 7.77. The summed E-state index contributed by atoms with van der Waals surface area (Å²) < 4.78 is 0. The normalized spacial score (nSPS) is 16.0. The fourth-order valence-corrected chi connectivity index (χ4v) is 6.81.